The molecule has 0 spiro atoms. The van der Waals surface area contributed by atoms with E-state index in [4.69, 9.17) is 9.47 Å². The summed E-state index contributed by atoms with van der Waals surface area (Å²) in [6.07, 6.45) is 2.71. The van der Waals surface area contributed by atoms with Gasteiger partial charge in [0.05, 0.1) is 18.2 Å². The monoisotopic (exact) mass is 327 g/mol. The Balaban J connectivity index is 1.71. The number of hydrogen-bond acceptors (Lipinski definition) is 3. The van der Waals surface area contributed by atoms with Crippen molar-refractivity contribution in [3.05, 3.63) is 28.2 Å². The topological polar surface area (TPSA) is 21.7 Å². The van der Waals surface area contributed by atoms with Crippen LogP contribution in [0.3, 0.4) is 0 Å². The molecule has 0 unspecified atom stereocenters. The van der Waals surface area contributed by atoms with Crippen molar-refractivity contribution in [1.82, 2.24) is 4.90 Å². The van der Waals surface area contributed by atoms with Crippen LogP contribution in [0, 0.1) is 5.92 Å². The molecule has 19 heavy (non-hydrogen) atoms. The molecule has 1 aromatic rings. The molecule has 3 nitrogen and oxygen atoms in total. The minimum atomic E-state index is 0.824. The molecule has 106 valence electrons. The summed E-state index contributed by atoms with van der Waals surface area (Å²) >= 11 is 3.52. The van der Waals surface area contributed by atoms with Gasteiger partial charge in [-0.3, -0.25) is 4.90 Å². The molecular formula is C15H22BrNO2. The third kappa shape index (κ3) is 5.13. The summed E-state index contributed by atoms with van der Waals surface area (Å²) in [5.74, 6) is 1.72. The Bertz CT molecular complexity index is 407. The number of rotatable bonds is 8. The lowest BCUT2D eigenvalue weighted by atomic mass is 10.2. The number of hydrogen-bond donors (Lipinski definition) is 0. The van der Waals surface area contributed by atoms with E-state index in [0.29, 0.717) is 0 Å². The lowest BCUT2D eigenvalue weighted by Gasteiger charge is -2.17. The van der Waals surface area contributed by atoms with Crippen molar-refractivity contribution in [2.45, 2.75) is 19.4 Å². The largest absolute Gasteiger partial charge is 0.496 e. The standard InChI is InChI=1S/C15H22BrNO2/c1-17(7-8-19-11-12-3-4-12)10-13-5-6-15(18-2)14(16)9-13/h5-6,9,12H,3-4,7-8,10-11H2,1-2H3. The van der Waals surface area contributed by atoms with Crippen molar-refractivity contribution in [3.63, 3.8) is 0 Å². The van der Waals surface area contributed by atoms with Gasteiger partial charge in [0.25, 0.3) is 0 Å². The molecule has 1 saturated carbocycles. The van der Waals surface area contributed by atoms with Gasteiger partial charge in [-0.15, -0.1) is 0 Å². The summed E-state index contributed by atoms with van der Waals surface area (Å²) in [6.45, 7) is 3.66. The summed E-state index contributed by atoms with van der Waals surface area (Å²) in [7, 11) is 3.81. The minimum absolute atomic E-state index is 0.824. The lowest BCUT2D eigenvalue weighted by Crippen LogP contribution is -2.23. The first-order valence-corrected chi connectivity index (χ1v) is 7.57. The molecule has 4 heteroatoms. The van der Waals surface area contributed by atoms with Crippen LogP contribution in [0.5, 0.6) is 5.75 Å². The van der Waals surface area contributed by atoms with Gasteiger partial charge in [0, 0.05) is 19.7 Å². The Morgan fingerprint density at radius 3 is 2.79 bits per heavy atom. The first-order chi connectivity index (χ1) is 9.19. The maximum atomic E-state index is 5.66. The number of halogens is 1. The van der Waals surface area contributed by atoms with Crippen LogP contribution in [-0.2, 0) is 11.3 Å². The van der Waals surface area contributed by atoms with Gasteiger partial charge in [0.1, 0.15) is 5.75 Å². The number of ether oxygens (including phenoxy) is 2. The first-order valence-electron chi connectivity index (χ1n) is 6.77. The third-order valence-corrected chi connectivity index (χ3v) is 3.96. The number of benzene rings is 1. The minimum Gasteiger partial charge on any atom is -0.496 e. The van der Waals surface area contributed by atoms with Gasteiger partial charge in [0.15, 0.2) is 0 Å². The molecule has 0 aliphatic heterocycles. The molecule has 0 bridgehead atoms. The summed E-state index contributed by atoms with van der Waals surface area (Å²) in [4.78, 5) is 2.28. The van der Waals surface area contributed by atoms with Crippen molar-refractivity contribution in [3.8, 4) is 5.75 Å². The molecule has 0 amide bonds. The quantitative estimate of drug-likeness (QED) is 0.684. The van der Waals surface area contributed by atoms with Crippen molar-refractivity contribution >= 4 is 15.9 Å². The van der Waals surface area contributed by atoms with Gasteiger partial charge in [-0.2, -0.15) is 0 Å². The van der Waals surface area contributed by atoms with Crippen LogP contribution in [0.4, 0.5) is 0 Å². The molecule has 0 aromatic heterocycles. The van der Waals surface area contributed by atoms with Crippen LogP contribution in [0.25, 0.3) is 0 Å². The van der Waals surface area contributed by atoms with Crippen LogP contribution in [0.15, 0.2) is 22.7 Å². The molecular weight excluding hydrogens is 306 g/mol. The number of likely N-dealkylation sites (N-methyl/N-ethyl adjacent to an activating group) is 1. The lowest BCUT2D eigenvalue weighted by molar-refractivity contribution is 0.102. The van der Waals surface area contributed by atoms with E-state index in [2.05, 4.69) is 40.0 Å². The van der Waals surface area contributed by atoms with E-state index in [0.717, 1.165) is 42.4 Å². The number of methoxy groups -OCH3 is 1. The molecule has 0 radical (unpaired) electrons. The zero-order chi connectivity index (χ0) is 13.7. The zero-order valence-corrected chi connectivity index (χ0v) is 13.3. The molecule has 2 rings (SSSR count). The van der Waals surface area contributed by atoms with Crippen LogP contribution >= 0.6 is 15.9 Å². The average Bonchev–Trinajstić information content (AvgIpc) is 3.19. The molecule has 1 aromatic carbocycles. The van der Waals surface area contributed by atoms with Crippen molar-refractivity contribution in [2.75, 3.05) is 33.9 Å². The molecule has 1 aliphatic rings. The smallest absolute Gasteiger partial charge is 0.133 e. The SMILES string of the molecule is COc1ccc(CN(C)CCOCC2CC2)cc1Br. The fourth-order valence-electron chi connectivity index (χ4n) is 1.95. The molecule has 1 aliphatic carbocycles. The summed E-state index contributed by atoms with van der Waals surface area (Å²) in [6, 6.07) is 6.21. The van der Waals surface area contributed by atoms with Gasteiger partial charge in [-0.05, 0) is 59.4 Å². The van der Waals surface area contributed by atoms with Crippen molar-refractivity contribution < 1.29 is 9.47 Å². The van der Waals surface area contributed by atoms with E-state index in [-0.39, 0.29) is 0 Å². The van der Waals surface area contributed by atoms with Crippen LogP contribution < -0.4 is 4.74 Å². The Morgan fingerprint density at radius 2 is 2.16 bits per heavy atom. The molecule has 0 saturated heterocycles. The van der Waals surface area contributed by atoms with Crippen molar-refractivity contribution in [1.29, 1.82) is 0 Å². The van der Waals surface area contributed by atoms with E-state index < -0.39 is 0 Å². The Labute approximate surface area is 124 Å². The van der Waals surface area contributed by atoms with E-state index in [1.807, 2.05) is 6.07 Å². The molecule has 1 fully saturated rings. The van der Waals surface area contributed by atoms with Gasteiger partial charge in [-0.25, -0.2) is 0 Å². The number of nitrogens with zero attached hydrogens (tertiary/aromatic N) is 1. The van der Waals surface area contributed by atoms with E-state index in [9.17, 15) is 0 Å². The van der Waals surface area contributed by atoms with E-state index in [1.54, 1.807) is 7.11 Å². The molecule has 0 N–H and O–H groups in total. The van der Waals surface area contributed by atoms with Gasteiger partial charge in [-0.1, -0.05) is 6.07 Å². The predicted molar refractivity (Wildman–Crippen MR) is 80.6 cm³/mol. The average molecular weight is 328 g/mol. The Morgan fingerprint density at radius 1 is 1.37 bits per heavy atom. The Kier molecular flexibility index (Phi) is 5.67. The third-order valence-electron chi connectivity index (χ3n) is 3.34. The zero-order valence-electron chi connectivity index (χ0n) is 11.7. The highest BCUT2D eigenvalue weighted by atomic mass is 79.9. The second-order valence-electron chi connectivity index (χ2n) is 5.22. The fraction of sp³-hybridized carbons (Fsp3) is 0.600. The van der Waals surface area contributed by atoms with Gasteiger partial charge < -0.3 is 9.47 Å². The second kappa shape index (κ2) is 7.27. The maximum absolute atomic E-state index is 5.66. The highest BCUT2D eigenvalue weighted by Gasteiger charge is 2.20. The predicted octanol–water partition coefficient (Wildman–Crippen LogP) is 3.32. The Hall–Kier alpha value is -0.580. The molecule has 0 atom stereocenters. The van der Waals surface area contributed by atoms with Crippen LogP contribution in [0.1, 0.15) is 18.4 Å². The van der Waals surface area contributed by atoms with E-state index >= 15 is 0 Å². The normalized spacial score (nSPS) is 14.9. The van der Waals surface area contributed by atoms with Crippen LogP contribution in [0.2, 0.25) is 0 Å². The fourth-order valence-corrected chi connectivity index (χ4v) is 2.54. The highest BCUT2D eigenvalue weighted by Crippen LogP contribution is 2.28. The van der Waals surface area contributed by atoms with E-state index in [1.165, 1.54) is 18.4 Å². The highest BCUT2D eigenvalue weighted by molar-refractivity contribution is 9.10. The van der Waals surface area contributed by atoms with Crippen LogP contribution in [-0.4, -0.2) is 38.8 Å². The summed E-state index contributed by atoms with van der Waals surface area (Å²) in [5, 5.41) is 0. The first kappa shape index (κ1) is 14.8. The second-order valence-corrected chi connectivity index (χ2v) is 6.08. The van der Waals surface area contributed by atoms with Crippen molar-refractivity contribution in [2.24, 2.45) is 5.92 Å². The van der Waals surface area contributed by atoms with Gasteiger partial charge in [0.2, 0.25) is 0 Å². The maximum Gasteiger partial charge on any atom is 0.133 e. The van der Waals surface area contributed by atoms with Gasteiger partial charge >= 0.3 is 0 Å². The molecule has 0 heterocycles. The summed E-state index contributed by atoms with van der Waals surface area (Å²) < 4.78 is 11.9. The summed E-state index contributed by atoms with van der Waals surface area (Å²) in [5.41, 5.74) is 1.28.